The van der Waals surface area contributed by atoms with E-state index in [2.05, 4.69) is 20.8 Å². The molecule has 0 heterocycles. The predicted octanol–water partition coefficient (Wildman–Crippen LogP) is 3.18. The minimum atomic E-state index is -0.219. The highest BCUT2D eigenvalue weighted by Crippen LogP contribution is 2.34. The van der Waals surface area contributed by atoms with Crippen LogP contribution in [0.2, 0.25) is 0 Å². The summed E-state index contributed by atoms with van der Waals surface area (Å²) in [6, 6.07) is 4.79. The van der Waals surface area contributed by atoms with Gasteiger partial charge in [-0.3, -0.25) is 0 Å². The molecule has 0 radical (unpaired) electrons. The van der Waals surface area contributed by atoms with Crippen LogP contribution in [0.15, 0.2) is 23.1 Å². The Hall–Kier alpha value is -0.540. The fraction of sp³-hybridized carbons (Fsp3) is 0.455. The fourth-order valence-corrected chi connectivity index (χ4v) is 2.21. The molecule has 0 aromatic heterocycles. The summed E-state index contributed by atoms with van der Waals surface area (Å²) in [5.41, 5.74) is 6.44. The molecule has 0 bridgehead atoms. The van der Waals surface area contributed by atoms with Crippen molar-refractivity contribution < 1.29 is 4.39 Å². The maximum Gasteiger partial charge on any atom is 0.123 e. The van der Waals surface area contributed by atoms with E-state index in [4.69, 9.17) is 5.73 Å². The van der Waals surface area contributed by atoms with Gasteiger partial charge in [0.1, 0.15) is 5.82 Å². The lowest BCUT2D eigenvalue weighted by atomic mass is 10.2. The van der Waals surface area contributed by atoms with Crippen LogP contribution < -0.4 is 5.73 Å². The molecule has 0 spiro atoms. The van der Waals surface area contributed by atoms with Gasteiger partial charge >= 0.3 is 0 Å². The first-order chi connectivity index (χ1) is 6.42. The standard InChI is InChI=1S/C11H16FNS/c1-11(2,3)14-10-5-4-9(12)6-8(10)7-13/h4-6H,7,13H2,1-3H3. The van der Waals surface area contributed by atoms with E-state index in [1.807, 2.05) is 0 Å². The van der Waals surface area contributed by atoms with Gasteiger partial charge in [0.25, 0.3) is 0 Å². The van der Waals surface area contributed by atoms with Crippen LogP contribution >= 0.6 is 11.8 Å². The molecule has 0 atom stereocenters. The lowest BCUT2D eigenvalue weighted by molar-refractivity contribution is 0.623. The zero-order valence-electron chi connectivity index (χ0n) is 8.80. The van der Waals surface area contributed by atoms with Crippen LogP contribution in [-0.2, 0) is 6.54 Å². The Morgan fingerprint density at radius 3 is 2.50 bits per heavy atom. The molecule has 0 fully saturated rings. The lowest BCUT2D eigenvalue weighted by Gasteiger charge is -2.19. The van der Waals surface area contributed by atoms with Gasteiger partial charge in [-0.1, -0.05) is 20.8 Å². The van der Waals surface area contributed by atoms with E-state index in [0.29, 0.717) is 6.54 Å². The van der Waals surface area contributed by atoms with Gasteiger partial charge < -0.3 is 5.73 Å². The molecule has 0 amide bonds. The first-order valence-corrected chi connectivity index (χ1v) is 5.41. The normalized spacial score (nSPS) is 11.8. The van der Waals surface area contributed by atoms with Crippen LogP contribution in [0.4, 0.5) is 4.39 Å². The second-order valence-corrected chi connectivity index (χ2v) is 6.04. The molecular weight excluding hydrogens is 197 g/mol. The minimum Gasteiger partial charge on any atom is -0.326 e. The molecule has 0 aliphatic carbocycles. The SMILES string of the molecule is CC(C)(C)Sc1ccc(F)cc1CN. The van der Waals surface area contributed by atoms with Gasteiger partial charge in [0, 0.05) is 16.2 Å². The summed E-state index contributed by atoms with van der Waals surface area (Å²) in [5, 5.41) is 0. The molecule has 0 saturated carbocycles. The van der Waals surface area contributed by atoms with Crippen molar-refractivity contribution >= 4 is 11.8 Å². The van der Waals surface area contributed by atoms with Crippen LogP contribution in [0.1, 0.15) is 26.3 Å². The molecule has 78 valence electrons. The van der Waals surface area contributed by atoms with Gasteiger partial charge in [0.15, 0.2) is 0 Å². The Kier molecular flexibility index (Phi) is 3.56. The number of benzene rings is 1. The third-order valence-corrected chi connectivity index (χ3v) is 2.89. The Bertz CT molecular complexity index is 318. The van der Waals surface area contributed by atoms with E-state index in [-0.39, 0.29) is 10.6 Å². The van der Waals surface area contributed by atoms with Crippen molar-refractivity contribution in [2.75, 3.05) is 0 Å². The average Bonchev–Trinajstić information content (AvgIpc) is 2.06. The lowest BCUT2D eigenvalue weighted by Crippen LogP contribution is -2.09. The summed E-state index contributed by atoms with van der Waals surface area (Å²) in [6.07, 6.45) is 0. The van der Waals surface area contributed by atoms with Gasteiger partial charge in [0.05, 0.1) is 0 Å². The molecule has 1 aromatic rings. The smallest absolute Gasteiger partial charge is 0.123 e. The number of halogens is 1. The fourth-order valence-electron chi connectivity index (χ4n) is 1.14. The van der Waals surface area contributed by atoms with E-state index in [1.54, 1.807) is 17.8 Å². The average molecular weight is 213 g/mol. The molecule has 1 nitrogen and oxygen atoms in total. The van der Waals surface area contributed by atoms with E-state index in [0.717, 1.165) is 10.5 Å². The van der Waals surface area contributed by atoms with Gasteiger partial charge in [0.2, 0.25) is 0 Å². The molecule has 0 saturated heterocycles. The van der Waals surface area contributed by atoms with Crippen molar-refractivity contribution in [2.24, 2.45) is 5.73 Å². The van der Waals surface area contributed by atoms with E-state index >= 15 is 0 Å². The zero-order chi connectivity index (χ0) is 10.8. The summed E-state index contributed by atoms with van der Waals surface area (Å²) in [7, 11) is 0. The second kappa shape index (κ2) is 4.32. The Morgan fingerprint density at radius 1 is 1.36 bits per heavy atom. The highest BCUT2D eigenvalue weighted by Gasteiger charge is 2.14. The highest BCUT2D eigenvalue weighted by atomic mass is 32.2. The van der Waals surface area contributed by atoms with Gasteiger partial charge in [-0.2, -0.15) is 0 Å². The first kappa shape index (κ1) is 11.5. The minimum absolute atomic E-state index is 0.127. The van der Waals surface area contributed by atoms with Gasteiger partial charge in [-0.05, 0) is 23.8 Å². The molecule has 3 heteroatoms. The van der Waals surface area contributed by atoms with Crippen molar-refractivity contribution in [1.29, 1.82) is 0 Å². The Balaban J connectivity index is 2.97. The van der Waals surface area contributed by atoms with Crippen LogP contribution in [0.25, 0.3) is 0 Å². The number of nitrogens with two attached hydrogens (primary N) is 1. The van der Waals surface area contributed by atoms with Gasteiger partial charge in [-0.15, -0.1) is 11.8 Å². The van der Waals surface area contributed by atoms with E-state index in [1.165, 1.54) is 12.1 Å². The van der Waals surface area contributed by atoms with Crippen LogP contribution in [0.5, 0.6) is 0 Å². The van der Waals surface area contributed by atoms with E-state index in [9.17, 15) is 4.39 Å². The van der Waals surface area contributed by atoms with Crippen LogP contribution in [0, 0.1) is 5.82 Å². The summed E-state index contributed by atoms with van der Waals surface area (Å²) >= 11 is 1.71. The molecule has 2 N–H and O–H groups in total. The quantitative estimate of drug-likeness (QED) is 0.764. The molecule has 0 unspecified atom stereocenters. The summed E-state index contributed by atoms with van der Waals surface area (Å²) < 4.78 is 13.0. The van der Waals surface area contributed by atoms with Gasteiger partial charge in [-0.25, -0.2) is 4.39 Å². The number of rotatable bonds is 2. The Labute approximate surface area is 88.9 Å². The van der Waals surface area contributed by atoms with Crippen molar-refractivity contribution in [3.05, 3.63) is 29.6 Å². The molecule has 1 rings (SSSR count). The summed E-state index contributed by atoms with van der Waals surface area (Å²) in [4.78, 5) is 1.07. The number of hydrogen-bond acceptors (Lipinski definition) is 2. The zero-order valence-corrected chi connectivity index (χ0v) is 9.62. The van der Waals surface area contributed by atoms with Crippen LogP contribution in [0.3, 0.4) is 0 Å². The van der Waals surface area contributed by atoms with Crippen LogP contribution in [-0.4, -0.2) is 4.75 Å². The van der Waals surface area contributed by atoms with Crippen molar-refractivity contribution in [2.45, 2.75) is 37.0 Å². The monoisotopic (exact) mass is 213 g/mol. The van der Waals surface area contributed by atoms with Crippen molar-refractivity contribution in [1.82, 2.24) is 0 Å². The molecular formula is C11H16FNS. The summed E-state index contributed by atoms with van der Waals surface area (Å²) in [6.45, 7) is 6.76. The first-order valence-electron chi connectivity index (χ1n) is 4.60. The third-order valence-electron chi connectivity index (χ3n) is 1.66. The largest absolute Gasteiger partial charge is 0.326 e. The number of thioether (sulfide) groups is 1. The van der Waals surface area contributed by atoms with Crippen molar-refractivity contribution in [3.63, 3.8) is 0 Å². The Morgan fingerprint density at radius 2 is 2.00 bits per heavy atom. The second-order valence-electron chi connectivity index (χ2n) is 4.17. The maximum absolute atomic E-state index is 12.9. The molecule has 0 aliphatic heterocycles. The maximum atomic E-state index is 12.9. The number of hydrogen-bond donors (Lipinski definition) is 1. The highest BCUT2D eigenvalue weighted by molar-refractivity contribution is 8.00. The third kappa shape index (κ3) is 3.31. The molecule has 1 aromatic carbocycles. The van der Waals surface area contributed by atoms with Crippen molar-refractivity contribution in [3.8, 4) is 0 Å². The molecule has 14 heavy (non-hydrogen) atoms. The molecule has 0 aliphatic rings. The topological polar surface area (TPSA) is 26.0 Å². The predicted molar refractivity (Wildman–Crippen MR) is 59.9 cm³/mol. The summed E-state index contributed by atoms with van der Waals surface area (Å²) in [5.74, 6) is -0.219. The van der Waals surface area contributed by atoms with E-state index < -0.39 is 0 Å².